The predicted octanol–water partition coefficient (Wildman–Crippen LogP) is 4.81. The maximum atomic E-state index is 4.75. The lowest BCUT2D eigenvalue weighted by Gasteiger charge is -2.12. The van der Waals surface area contributed by atoms with Crippen LogP contribution in [0.3, 0.4) is 0 Å². The summed E-state index contributed by atoms with van der Waals surface area (Å²) >= 11 is 7.53. The molecule has 6 heteroatoms. The first-order valence-corrected chi connectivity index (χ1v) is 8.75. The van der Waals surface area contributed by atoms with Gasteiger partial charge in [-0.15, -0.1) is 11.3 Å². The van der Waals surface area contributed by atoms with Gasteiger partial charge in [-0.25, -0.2) is 9.97 Å². The van der Waals surface area contributed by atoms with E-state index in [4.69, 9.17) is 4.98 Å². The normalized spacial score (nSPS) is 11.1. The highest BCUT2D eigenvalue weighted by atomic mass is 127. The first-order chi connectivity index (χ1) is 9.02. The Morgan fingerprint density at radius 1 is 1.42 bits per heavy atom. The predicted molar refractivity (Wildman–Crippen MR) is 93.9 cm³/mol. The number of halogens is 2. The van der Waals surface area contributed by atoms with Crippen LogP contribution in [-0.2, 0) is 6.42 Å². The SMILES string of the molecule is CNc1nc(-c2sccc2Br)nc(CC(C)C)c1I. The third kappa shape index (κ3) is 3.46. The highest BCUT2D eigenvalue weighted by Gasteiger charge is 2.15. The molecule has 0 fully saturated rings. The summed E-state index contributed by atoms with van der Waals surface area (Å²) in [4.78, 5) is 10.4. The minimum absolute atomic E-state index is 0.577. The van der Waals surface area contributed by atoms with Crippen LogP contribution in [0.25, 0.3) is 10.7 Å². The van der Waals surface area contributed by atoms with Crippen LogP contribution in [-0.4, -0.2) is 17.0 Å². The van der Waals surface area contributed by atoms with Crippen LogP contribution >= 0.6 is 49.9 Å². The summed E-state index contributed by atoms with van der Waals surface area (Å²) in [5.74, 6) is 2.27. The molecule has 1 N–H and O–H groups in total. The van der Waals surface area contributed by atoms with Crippen molar-refractivity contribution in [1.82, 2.24) is 9.97 Å². The fourth-order valence-corrected chi connectivity index (χ4v) is 3.95. The molecule has 0 aliphatic carbocycles. The van der Waals surface area contributed by atoms with Crippen molar-refractivity contribution < 1.29 is 0 Å². The molecule has 0 bridgehead atoms. The number of nitrogens with zero attached hydrogens (tertiary/aromatic N) is 2. The van der Waals surface area contributed by atoms with Crippen molar-refractivity contribution in [2.75, 3.05) is 12.4 Å². The molecule has 0 saturated heterocycles. The van der Waals surface area contributed by atoms with E-state index in [0.717, 1.165) is 36.7 Å². The van der Waals surface area contributed by atoms with Crippen molar-refractivity contribution in [3.63, 3.8) is 0 Å². The maximum absolute atomic E-state index is 4.75. The summed E-state index contributed by atoms with van der Waals surface area (Å²) < 4.78 is 2.17. The number of hydrogen-bond donors (Lipinski definition) is 1. The number of nitrogens with one attached hydrogen (secondary N) is 1. The van der Waals surface area contributed by atoms with Crippen molar-refractivity contribution in [2.24, 2.45) is 5.92 Å². The quantitative estimate of drug-likeness (QED) is 0.677. The van der Waals surface area contributed by atoms with Crippen LogP contribution in [0.4, 0.5) is 5.82 Å². The Morgan fingerprint density at radius 3 is 2.68 bits per heavy atom. The minimum atomic E-state index is 0.577. The molecule has 0 aromatic carbocycles. The van der Waals surface area contributed by atoms with Crippen molar-refractivity contribution in [2.45, 2.75) is 20.3 Å². The molecule has 0 saturated carbocycles. The second-order valence-corrected chi connectivity index (χ2v) is 7.45. The Labute approximate surface area is 139 Å². The molecular weight excluding hydrogens is 437 g/mol. The van der Waals surface area contributed by atoms with E-state index in [2.05, 4.69) is 62.7 Å². The highest BCUT2D eigenvalue weighted by Crippen LogP contribution is 2.33. The van der Waals surface area contributed by atoms with Crippen molar-refractivity contribution >= 4 is 55.7 Å². The third-order valence-electron chi connectivity index (χ3n) is 2.58. The molecule has 0 spiro atoms. The summed E-state index contributed by atoms with van der Waals surface area (Å²) in [6.07, 6.45) is 0.964. The van der Waals surface area contributed by atoms with E-state index in [0.29, 0.717) is 5.92 Å². The lowest BCUT2D eigenvalue weighted by atomic mass is 10.1. The smallest absolute Gasteiger partial charge is 0.173 e. The molecule has 2 rings (SSSR count). The summed E-state index contributed by atoms with van der Waals surface area (Å²) in [7, 11) is 1.90. The molecule has 2 aromatic rings. The van der Waals surface area contributed by atoms with E-state index in [1.165, 1.54) is 0 Å². The summed E-state index contributed by atoms with van der Waals surface area (Å²) in [6, 6.07) is 2.03. The molecule has 3 nitrogen and oxygen atoms in total. The van der Waals surface area contributed by atoms with Gasteiger partial charge in [0, 0.05) is 11.5 Å². The van der Waals surface area contributed by atoms with Crippen LogP contribution < -0.4 is 5.32 Å². The molecule has 0 atom stereocenters. The van der Waals surface area contributed by atoms with Gasteiger partial charge in [-0.05, 0) is 62.3 Å². The molecule has 102 valence electrons. The fraction of sp³-hybridized carbons (Fsp3) is 0.385. The van der Waals surface area contributed by atoms with Gasteiger partial charge in [-0.2, -0.15) is 0 Å². The average molecular weight is 452 g/mol. The van der Waals surface area contributed by atoms with Gasteiger partial charge in [-0.1, -0.05) is 13.8 Å². The van der Waals surface area contributed by atoms with Crippen LogP contribution in [0, 0.1) is 9.49 Å². The lowest BCUT2D eigenvalue weighted by molar-refractivity contribution is 0.632. The van der Waals surface area contributed by atoms with Gasteiger partial charge in [0.1, 0.15) is 5.82 Å². The van der Waals surface area contributed by atoms with E-state index in [1.54, 1.807) is 11.3 Å². The van der Waals surface area contributed by atoms with E-state index >= 15 is 0 Å². The summed E-state index contributed by atoms with van der Waals surface area (Å²) in [5, 5.41) is 5.20. The zero-order valence-corrected chi connectivity index (χ0v) is 15.6. The Bertz CT molecular complexity index is 583. The van der Waals surface area contributed by atoms with E-state index < -0.39 is 0 Å². The zero-order chi connectivity index (χ0) is 14.0. The molecule has 0 amide bonds. The molecular formula is C13H15BrIN3S. The van der Waals surface area contributed by atoms with E-state index in [1.807, 2.05) is 18.5 Å². The Kier molecular flexibility index (Phi) is 5.19. The molecule has 2 aromatic heterocycles. The molecule has 0 aliphatic heterocycles. The van der Waals surface area contributed by atoms with Crippen LogP contribution in [0.15, 0.2) is 15.9 Å². The van der Waals surface area contributed by atoms with Crippen LogP contribution in [0.1, 0.15) is 19.5 Å². The first-order valence-electron chi connectivity index (χ1n) is 6.00. The average Bonchev–Trinajstić information content (AvgIpc) is 2.77. The van der Waals surface area contributed by atoms with Gasteiger partial charge in [-0.3, -0.25) is 0 Å². The molecule has 0 radical (unpaired) electrons. The second-order valence-electron chi connectivity index (χ2n) is 4.60. The van der Waals surface area contributed by atoms with Crippen LogP contribution in [0.2, 0.25) is 0 Å². The highest BCUT2D eigenvalue weighted by molar-refractivity contribution is 14.1. The summed E-state index contributed by atoms with van der Waals surface area (Å²) in [6.45, 7) is 4.41. The molecule has 19 heavy (non-hydrogen) atoms. The molecule has 0 aliphatic rings. The topological polar surface area (TPSA) is 37.8 Å². The number of aromatic nitrogens is 2. The van der Waals surface area contributed by atoms with Gasteiger partial charge in [0.15, 0.2) is 5.82 Å². The minimum Gasteiger partial charge on any atom is -0.372 e. The summed E-state index contributed by atoms with van der Waals surface area (Å²) in [5.41, 5.74) is 1.12. The third-order valence-corrected chi connectivity index (χ3v) is 5.55. The van der Waals surface area contributed by atoms with Gasteiger partial charge in [0.05, 0.1) is 14.1 Å². The van der Waals surface area contributed by atoms with Crippen molar-refractivity contribution in [1.29, 1.82) is 0 Å². The monoisotopic (exact) mass is 451 g/mol. The van der Waals surface area contributed by atoms with E-state index in [-0.39, 0.29) is 0 Å². The standard InChI is InChI=1S/C13H15BrIN3S/c1-7(2)6-9-10(15)12(16-3)18-13(17-9)11-8(14)4-5-19-11/h4-5,7H,6H2,1-3H3,(H,16,17,18). The van der Waals surface area contributed by atoms with Gasteiger partial charge in [0.25, 0.3) is 0 Å². The Hall–Kier alpha value is -0.210. The Balaban J connectivity index is 2.54. The fourth-order valence-electron chi connectivity index (χ4n) is 1.74. The van der Waals surface area contributed by atoms with Gasteiger partial charge < -0.3 is 5.32 Å². The second kappa shape index (κ2) is 6.49. The van der Waals surface area contributed by atoms with Crippen molar-refractivity contribution in [3.05, 3.63) is 25.2 Å². The van der Waals surface area contributed by atoms with Crippen LogP contribution in [0.5, 0.6) is 0 Å². The zero-order valence-electron chi connectivity index (χ0n) is 11.0. The molecule has 0 unspecified atom stereocenters. The first kappa shape index (κ1) is 15.2. The lowest BCUT2D eigenvalue weighted by Crippen LogP contribution is -2.07. The number of rotatable bonds is 4. The largest absolute Gasteiger partial charge is 0.372 e. The number of anilines is 1. The Morgan fingerprint density at radius 2 is 2.16 bits per heavy atom. The number of thiophene rings is 1. The maximum Gasteiger partial charge on any atom is 0.173 e. The van der Waals surface area contributed by atoms with Crippen molar-refractivity contribution in [3.8, 4) is 10.7 Å². The molecule has 2 heterocycles. The van der Waals surface area contributed by atoms with E-state index in [9.17, 15) is 0 Å². The van der Waals surface area contributed by atoms with Gasteiger partial charge >= 0.3 is 0 Å². The van der Waals surface area contributed by atoms with Gasteiger partial charge in [0.2, 0.25) is 0 Å². The number of hydrogen-bond acceptors (Lipinski definition) is 4.